The highest BCUT2D eigenvalue weighted by Crippen LogP contribution is 2.43. The number of H-pyrrole nitrogens is 1. The van der Waals surface area contributed by atoms with E-state index in [1.807, 2.05) is 18.3 Å². The maximum absolute atomic E-state index is 13.2. The highest BCUT2D eigenvalue weighted by molar-refractivity contribution is 5.85. The van der Waals surface area contributed by atoms with E-state index < -0.39 is 0 Å². The molecule has 1 saturated carbocycles. The van der Waals surface area contributed by atoms with Crippen molar-refractivity contribution in [2.45, 2.75) is 56.8 Å². The van der Waals surface area contributed by atoms with Gasteiger partial charge in [-0.2, -0.15) is 0 Å². The molecule has 5 heterocycles. The number of aromatic nitrogens is 3. The first-order chi connectivity index (χ1) is 16.7. The van der Waals surface area contributed by atoms with E-state index in [0.717, 1.165) is 63.2 Å². The molecule has 1 N–H and O–H groups in total. The zero-order chi connectivity index (χ0) is 22.8. The molecule has 4 aliphatic rings. The number of likely N-dealkylation sites (tertiary alicyclic amines) is 1. The minimum absolute atomic E-state index is 0.0583. The zero-order valence-corrected chi connectivity index (χ0v) is 19.4. The highest BCUT2D eigenvalue weighted by Gasteiger charge is 2.39. The standard InChI is InChI=1S/C26H29N5O3/c1-33-18-9-21(15-2-3-15)24-22(10-18)28-26(29-25(24)32)30-7-5-20-16(11-30)4-6-27-23(20)13-31-12-19-8-17(31)14-34-19/h4,6,9-10,15,17,19H,2-3,5,7-8,11-14H2,1H3,(H,28,29,32)/t17-,19?/m1/s1. The van der Waals surface area contributed by atoms with Crippen molar-refractivity contribution in [3.8, 4) is 5.75 Å². The second-order valence-electron chi connectivity index (χ2n) is 10.1. The van der Waals surface area contributed by atoms with Gasteiger partial charge in [-0.1, -0.05) is 0 Å². The van der Waals surface area contributed by atoms with Crippen LogP contribution < -0.4 is 15.2 Å². The summed E-state index contributed by atoms with van der Waals surface area (Å²) < 4.78 is 11.3. The molecule has 0 amide bonds. The van der Waals surface area contributed by atoms with Crippen LogP contribution >= 0.6 is 0 Å². The van der Waals surface area contributed by atoms with E-state index in [4.69, 9.17) is 19.4 Å². The minimum Gasteiger partial charge on any atom is -0.497 e. The molecular weight excluding hydrogens is 430 g/mol. The van der Waals surface area contributed by atoms with Crippen LogP contribution in [-0.2, 0) is 24.2 Å². The number of ether oxygens (including phenoxy) is 2. The van der Waals surface area contributed by atoms with Crippen LogP contribution in [0.2, 0.25) is 0 Å². The van der Waals surface area contributed by atoms with Crippen LogP contribution in [-0.4, -0.2) is 58.8 Å². The van der Waals surface area contributed by atoms with Crippen LogP contribution in [0, 0.1) is 0 Å². The fraction of sp³-hybridized carbons (Fsp3) is 0.500. The van der Waals surface area contributed by atoms with E-state index in [9.17, 15) is 4.79 Å². The number of rotatable bonds is 5. The largest absolute Gasteiger partial charge is 0.497 e. The summed E-state index contributed by atoms with van der Waals surface area (Å²) in [5.41, 5.74) is 5.52. The molecule has 2 saturated heterocycles. The first-order valence-electron chi connectivity index (χ1n) is 12.3. The quantitative estimate of drug-likeness (QED) is 0.628. The Morgan fingerprint density at radius 3 is 2.97 bits per heavy atom. The fourth-order valence-electron chi connectivity index (χ4n) is 6.00. The molecule has 34 heavy (non-hydrogen) atoms. The van der Waals surface area contributed by atoms with Gasteiger partial charge in [-0.25, -0.2) is 4.98 Å². The van der Waals surface area contributed by atoms with Crippen molar-refractivity contribution in [3.63, 3.8) is 0 Å². The Kier molecular flexibility index (Phi) is 4.67. The predicted octanol–water partition coefficient (Wildman–Crippen LogP) is 2.74. The molecule has 8 heteroatoms. The third kappa shape index (κ3) is 3.39. The van der Waals surface area contributed by atoms with Gasteiger partial charge in [0.05, 0.1) is 36.4 Å². The van der Waals surface area contributed by atoms with Crippen LogP contribution in [0.25, 0.3) is 10.9 Å². The van der Waals surface area contributed by atoms with Gasteiger partial charge in [0.2, 0.25) is 5.95 Å². The normalized spacial score (nSPS) is 24.1. The summed E-state index contributed by atoms with van der Waals surface area (Å²) in [6.07, 6.45) is 6.60. The third-order valence-electron chi connectivity index (χ3n) is 7.95. The second-order valence-corrected chi connectivity index (χ2v) is 10.1. The first-order valence-corrected chi connectivity index (χ1v) is 12.3. The van der Waals surface area contributed by atoms with Crippen molar-refractivity contribution in [3.05, 3.63) is 57.1 Å². The Morgan fingerprint density at radius 1 is 1.29 bits per heavy atom. The number of methoxy groups -OCH3 is 1. The Hall–Kier alpha value is -2.97. The van der Waals surface area contributed by atoms with Crippen molar-refractivity contribution in [1.82, 2.24) is 19.9 Å². The summed E-state index contributed by atoms with van der Waals surface area (Å²) in [5.74, 6) is 1.83. The van der Waals surface area contributed by atoms with Gasteiger partial charge in [0, 0.05) is 44.5 Å². The molecule has 2 bridgehead atoms. The van der Waals surface area contributed by atoms with Gasteiger partial charge < -0.3 is 14.4 Å². The first kappa shape index (κ1) is 20.4. The number of benzene rings is 1. The highest BCUT2D eigenvalue weighted by atomic mass is 16.5. The molecular formula is C26H29N5O3. The zero-order valence-electron chi connectivity index (χ0n) is 19.4. The van der Waals surface area contributed by atoms with Gasteiger partial charge in [0.1, 0.15) is 5.75 Å². The molecule has 2 aromatic heterocycles. The number of hydrogen-bond donors (Lipinski definition) is 1. The lowest BCUT2D eigenvalue weighted by atomic mass is 9.98. The maximum Gasteiger partial charge on any atom is 0.260 e. The molecule has 1 aliphatic carbocycles. The molecule has 8 nitrogen and oxygen atoms in total. The molecule has 1 unspecified atom stereocenters. The van der Waals surface area contributed by atoms with Gasteiger partial charge >= 0.3 is 0 Å². The average molecular weight is 460 g/mol. The monoisotopic (exact) mass is 459 g/mol. The van der Waals surface area contributed by atoms with E-state index in [2.05, 4.69) is 20.9 Å². The Morgan fingerprint density at radius 2 is 2.21 bits per heavy atom. The summed E-state index contributed by atoms with van der Waals surface area (Å²) in [5, 5.41) is 0.708. The lowest BCUT2D eigenvalue weighted by molar-refractivity contribution is 0.0267. The summed E-state index contributed by atoms with van der Waals surface area (Å²) in [6, 6.07) is 6.53. The van der Waals surface area contributed by atoms with Crippen molar-refractivity contribution >= 4 is 16.9 Å². The lowest BCUT2D eigenvalue weighted by Crippen LogP contribution is -2.38. The topological polar surface area (TPSA) is 83.6 Å². The number of anilines is 1. The van der Waals surface area contributed by atoms with E-state index in [-0.39, 0.29) is 5.56 Å². The molecule has 3 aromatic rings. The summed E-state index contributed by atoms with van der Waals surface area (Å²) >= 11 is 0. The number of morpholine rings is 1. The number of aromatic amines is 1. The van der Waals surface area contributed by atoms with E-state index >= 15 is 0 Å². The molecule has 3 aliphatic heterocycles. The maximum atomic E-state index is 13.2. The van der Waals surface area contributed by atoms with Crippen molar-refractivity contribution in [1.29, 1.82) is 0 Å². The van der Waals surface area contributed by atoms with Gasteiger partial charge in [-0.05, 0) is 60.4 Å². The van der Waals surface area contributed by atoms with Crippen molar-refractivity contribution < 1.29 is 9.47 Å². The van der Waals surface area contributed by atoms with Gasteiger partial charge in [-0.3, -0.25) is 19.7 Å². The second kappa shape index (κ2) is 7.78. The van der Waals surface area contributed by atoms with Gasteiger partial charge in [0.15, 0.2) is 0 Å². The molecule has 7 rings (SSSR count). The Bertz CT molecular complexity index is 1330. The Balaban J connectivity index is 1.19. The molecule has 3 fully saturated rings. The van der Waals surface area contributed by atoms with E-state index in [0.29, 0.717) is 41.5 Å². The summed E-state index contributed by atoms with van der Waals surface area (Å²) in [6.45, 7) is 4.27. The van der Waals surface area contributed by atoms with E-state index in [1.165, 1.54) is 16.8 Å². The molecule has 1 aromatic carbocycles. The van der Waals surface area contributed by atoms with Gasteiger partial charge in [0.25, 0.3) is 5.56 Å². The molecule has 0 spiro atoms. The van der Waals surface area contributed by atoms with Crippen LogP contribution in [0.1, 0.15) is 47.6 Å². The van der Waals surface area contributed by atoms with Crippen molar-refractivity contribution in [2.24, 2.45) is 0 Å². The van der Waals surface area contributed by atoms with E-state index in [1.54, 1.807) is 7.11 Å². The minimum atomic E-state index is -0.0583. The lowest BCUT2D eigenvalue weighted by Gasteiger charge is -2.32. The summed E-state index contributed by atoms with van der Waals surface area (Å²) in [7, 11) is 1.67. The average Bonchev–Trinajstić information content (AvgIpc) is 3.50. The SMILES string of the molecule is COc1cc(C2CC2)c2c(=O)[nH]c(N3CCc4c(ccnc4CN4CC5C[C@@H]4CO5)C3)nc2c1. The smallest absolute Gasteiger partial charge is 0.260 e. The van der Waals surface area contributed by atoms with Gasteiger partial charge in [-0.15, -0.1) is 0 Å². The summed E-state index contributed by atoms with van der Waals surface area (Å²) in [4.78, 5) is 30.6. The van der Waals surface area contributed by atoms with Crippen LogP contribution in [0.4, 0.5) is 5.95 Å². The van der Waals surface area contributed by atoms with Crippen LogP contribution in [0.3, 0.4) is 0 Å². The predicted molar refractivity (Wildman–Crippen MR) is 128 cm³/mol. The fourth-order valence-corrected chi connectivity index (χ4v) is 6.00. The number of hydrogen-bond acceptors (Lipinski definition) is 7. The Labute approximate surface area is 197 Å². The molecule has 2 atom stereocenters. The van der Waals surface area contributed by atoms with Crippen LogP contribution in [0.5, 0.6) is 5.75 Å². The molecule has 176 valence electrons. The number of fused-ring (bicyclic) bond motifs is 4. The number of pyridine rings is 1. The van der Waals surface area contributed by atoms with Crippen LogP contribution in [0.15, 0.2) is 29.2 Å². The van der Waals surface area contributed by atoms with Crippen molar-refractivity contribution in [2.75, 3.05) is 31.7 Å². The third-order valence-corrected chi connectivity index (χ3v) is 7.95. The number of nitrogens with one attached hydrogen (secondary N) is 1. The number of nitrogens with zero attached hydrogens (tertiary/aromatic N) is 4. The molecule has 0 radical (unpaired) electrons.